The number of hydrogen-bond acceptors (Lipinski definition) is 2. The van der Waals surface area contributed by atoms with E-state index in [0.717, 1.165) is 0 Å². The number of fused-ring (bicyclic) bond motifs is 1. The van der Waals surface area contributed by atoms with Crippen LogP contribution in [0.3, 0.4) is 0 Å². The summed E-state index contributed by atoms with van der Waals surface area (Å²) < 4.78 is 116. The maximum atomic E-state index is 13.1. The van der Waals surface area contributed by atoms with Gasteiger partial charge >= 0.3 is 12.1 Å². The summed E-state index contributed by atoms with van der Waals surface area (Å²) in [5.74, 6) is -10.2. The second-order valence-corrected chi connectivity index (χ2v) is 3.50. The van der Waals surface area contributed by atoms with Crippen molar-refractivity contribution in [3.63, 3.8) is 0 Å². The molecular weight excluding hydrogens is 342 g/mol. The van der Waals surface area contributed by atoms with Crippen LogP contribution >= 0.6 is 0 Å². The van der Waals surface area contributed by atoms with Gasteiger partial charge in [0.05, 0.1) is 0 Å². The zero-order chi connectivity index (χ0) is 14.7. The van der Waals surface area contributed by atoms with Gasteiger partial charge in [-0.2, -0.15) is 17.6 Å². The van der Waals surface area contributed by atoms with Crippen LogP contribution < -0.4 is 10.4 Å². The molecular formula is C8H6F10N2Si. The molecule has 0 aliphatic carbocycles. The van der Waals surface area contributed by atoms with E-state index in [2.05, 4.69) is 0 Å². The van der Waals surface area contributed by atoms with Crippen LogP contribution in [0.15, 0.2) is 0 Å². The number of halogens is 10. The highest BCUT2D eigenvalue weighted by molar-refractivity contribution is 5.75. The van der Waals surface area contributed by atoms with E-state index in [4.69, 9.17) is 0 Å². The fourth-order valence-corrected chi connectivity index (χ4v) is 1.41. The van der Waals surface area contributed by atoms with Crippen LogP contribution in [0.1, 0.15) is 0 Å². The summed E-state index contributed by atoms with van der Waals surface area (Å²) in [4.78, 5) is 0. The molecule has 0 unspecified atom stereocenters. The Labute approximate surface area is 113 Å². The third kappa shape index (κ3) is 2.28. The van der Waals surface area contributed by atoms with Crippen LogP contribution in [0.4, 0.5) is 55.7 Å². The van der Waals surface area contributed by atoms with Gasteiger partial charge in [0.2, 0.25) is 0 Å². The first kappa shape index (κ1) is 19.3. The Morgan fingerprint density at radius 3 is 1.71 bits per heavy atom. The Bertz CT molecular complexity index is 563. The minimum atomic E-state index is -5.63. The van der Waals surface area contributed by atoms with Gasteiger partial charge in [-0.25, -0.2) is 17.6 Å². The van der Waals surface area contributed by atoms with Crippen LogP contribution in [0.2, 0.25) is 0 Å². The molecule has 1 heterocycles. The van der Waals surface area contributed by atoms with Gasteiger partial charge in [-0.05, 0) is 11.0 Å². The third-order valence-corrected chi connectivity index (χ3v) is 2.34. The van der Waals surface area contributed by atoms with Crippen LogP contribution in [-0.4, -0.2) is 23.1 Å². The summed E-state index contributed by atoms with van der Waals surface area (Å²) in [5, 5.41) is -1.71. The molecule has 0 atom stereocenters. The molecule has 21 heavy (non-hydrogen) atoms. The Balaban J connectivity index is 0.00000200. The van der Waals surface area contributed by atoms with Crippen LogP contribution in [0, 0.1) is 23.3 Å². The minimum Gasteiger partial charge on any atom is -0.315 e. The molecule has 0 saturated heterocycles. The number of rotatable bonds is 0. The molecule has 0 saturated carbocycles. The lowest BCUT2D eigenvalue weighted by Crippen LogP contribution is -2.59. The number of nitrogens with zero attached hydrogens (tertiary/aromatic N) is 1. The van der Waals surface area contributed by atoms with Crippen molar-refractivity contribution in [3.05, 3.63) is 23.3 Å². The van der Waals surface area contributed by atoms with Gasteiger partial charge in [-0.1, -0.05) is 4.48 Å². The zero-order valence-corrected chi connectivity index (χ0v) is 8.76. The number of alkyl halides is 4. The van der Waals surface area contributed by atoms with Crippen molar-refractivity contribution in [3.8, 4) is 0 Å². The zero-order valence-electron chi connectivity index (χ0n) is 8.76. The molecule has 1 aromatic rings. The van der Waals surface area contributed by atoms with Gasteiger partial charge in [0.25, 0.3) is 0 Å². The van der Waals surface area contributed by atoms with Crippen molar-refractivity contribution >= 4 is 22.3 Å². The first-order valence-corrected chi connectivity index (χ1v) is 4.38. The molecule has 13 heteroatoms. The molecule has 1 aliphatic heterocycles. The summed E-state index contributed by atoms with van der Waals surface area (Å²) in [7, 11) is 0. The molecule has 1 aliphatic rings. The van der Waals surface area contributed by atoms with E-state index in [1.165, 1.54) is 0 Å². The van der Waals surface area contributed by atoms with E-state index in [1.807, 2.05) is 0 Å². The summed E-state index contributed by atoms with van der Waals surface area (Å²) >= 11 is 0. The quantitative estimate of drug-likeness (QED) is 0.193. The van der Waals surface area contributed by atoms with E-state index in [0.29, 0.717) is 5.32 Å². The van der Waals surface area contributed by atoms with Crippen molar-refractivity contribution in [1.82, 2.24) is 0 Å². The van der Waals surface area contributed by atoms with Crippen LogP contribution in [0.25, 0.3) is 0 Å². The number of hydrogen-bond donors (Lipinski definition) is 1. The van der Waals surface area contributed by atoms with Gasteiger partial charge in [0.1, 0.15) is 11.4 Å². The Hall–Kier alpha value is -1.66. The minimum absolute atomic E-state index is 0. The first-order valence-electron chi connectivity index (χ1n) is 4.38. The second-order valence-electron chi connectivity index (χ2n) is 3.50. The van der Waals surface area contributed by atoms with E-state index >= 15 is 0 Å². The molecule has 0 aromatic heterocycles. The molecule has 1 aromatic carbocycles. The van der Waals surface area contributed by atoms with Crippen molar-refractivity contribution in [1.29, 1.82) is 0 Å². The van der Waals surface area contributed by atoms with Gasteiger partial charge in [0.15, 0.2) is 23.3 Å². The van der Waals surface area contributed by atoms with Crippen molar-refractivity contribution in [2.75, 3.05) is 10.4 Å². The van der Waals surface area contributed by atoms with Gasteiger partial charge in [0, 0.05) is 0 Å². The normalized spacial score (nSPS) is 18.0. The number of nitrogens with one attached hydrogen (secondary N) is 1. The maximum absolute atomic E-state index is 13.1. The van der Waals surface area contributed by atoms with E-state index in [-0.39, 0.29) is 15.7 Å². The van der Waals surface area contributed by atoms with Gasteiger partial charge in [-0.15, -0.1) is 5.12 Å². The molecule has 0 spiro atoms. The van der Waals surface area contributed by atoms with E-state index in [1.54, 1.807) is 0 Å². The summed E-state index contributed by atoms with van der Waals surface area (Å²) in [6, 6.07) is -11.0. The summed E-state index contributed by atoms with van der Waals surface area (Å²) in [5.41, 5.74) is -4.14. The molecule has 0 amide bonds. The van der Waals surface area contributed by atoms with E-state index in [9.17, 15) is 39.6 Å². The Morgan fingerprint density at radius 1 is 0.810 bits per heavy atom. The average Bonchev–Trinajstić information content (AvgIpc) is 2.31. The summed E-state index contributed by atoms with van der Waals surface area (Å²) in [6.45, 7) is 0. The van der Waals surface area contributed by atoms with Gasteiger partial charge < -0.3 is 5.32 Å². The largest absolute Gasteiger partial charge is 0.434 e. The SMILES string of the molecule is F.Fc1c(F)c(F)c2c(c1F)NC(F)(F)C(F)(F)N2F.[SiH4]. The smallest absolute Gasteiger partial charge is 0.315 e. The molecule has 2 rings (SSSR count). The number of benzene rings is 1. The highest BCUT2D eigenvalue weighted by Gasteiger charge is 2.67. The standard InChI is InChI=1S/C8HF9N2.FH.H4Si/c9-1-2(10)4(12)6-5(3(1)11)18-7(13,14)8(15,16)19(6)17;;/h18H;1H;1H4. The predicted octanol–water partition coefficient (Wildman–Crippen LogP) is 2.25. The maximum Gasteiger partial charge on any atom is 0.434 e. The molecule has 0 fully saturated rings. The average molecular weight is 348 g/mol. The van der Waals surface area contributed by atoms with Crippen LogP contribution in [0.5, 0.6) is 0 Å². The lowest BCUT2D eigenvalue weighted by Gasteiger charge is -2.37. The molecule has 0 radical (unpaired) electrons. The molecule has 0 bridgehead atoms. The number of anilines is 2. The monoisotopic (exact) mass is 348 g/mol. The fourth-order valence-electron chi connectivity index (χ4n) is 1.41. The Morgan fingerprint density at radius 2 is 1.24 bits per heavy atom. The highest BCUT2D eigenvalue weighted by atomic mass is 28.1. The molecule has 2 nitrogen and oxygen atoms in total. The van der Waals surface area contributed by atoms with Crippen molar-refractivity contribution < 1.29 is 44.3 Å². The molecule has 122 valence electrons. The van der Waals surface area contributed by atoms with Gasteiger partial charge in [-0.3, -0.25) is 4.70 Å². The predicted molar refractivity (Wildman–Crippen MR) is 57.2 cm³/mol. The fraction of sp³-hybridized carbons (Fsp3) is 0.250. The van der Waals surface area contributed by atoms with Crippen molar-refractivity contribution in [2.24, 2.45) is 0 Å². The second kappa shape index (κ2) is 5.27. The van der Waals surface area contributed by atoms with Crippen LogP contribution in [-0.2, 0) is 0 Å². The lowest BCUT2D eigenvalue weighted by atomic mass is 10.1. The first-order chi connectivity index (χ1) is 8.52. The highest BCUT2D eigenvalue weighted by Crippen LogP contribution is 2.50. The van der Waals surface area contributed by atoms with Crippen molar-refractivity contribution in [2.45, 2.75) is 12.1 Å². The Kier molecular flexibility index (Phi) is 4.85. The van der Waals surface area contributed by atoms with E-state index < -0.39 is 51.9 Å². The topological polar surface area (TPSA) is 15.3 Å². The summed E-state index contributed by atoms with van der Waals surface area (Å²) in [6.07, 6.45) is 0. The molecule has 1 N–H and O–H groups in total. The third-order valence-electron chi connectivity index (χ3n) is 2.34. The lowest BCUT2D eigenvalue weighted by molar-refractivity contribution is -0.212.